The van der Waals surface area contributed by atoms with Gasteiger partial charge in [0.15, 0.2) is 5.16 Å². The summed E-state index contributed by atoms with van der Waals surface area (Å²) in [5.41, 5.74) is 0.985. The largest absolute Gasteiger partial charge is 0.383 e. The topological polar surface area (TPSA) is 47.0 Å². The molecule has 4 nitrogen and oxygen atoms in total. The third kappa shape index (κ3) is 4.56. The van der Waals surface area contributed by atoms with Gasteiger partial charge in [-0.1, -0.05) is 12.1 Å². The van der Waals surface area contributed by atoms with Crippen molar-refractivity contribution in [3.8, 4) is 0 Å². The molecule has 0 radical (unpaired) electrons. The van der Waals surface area contributed by atoms with Gasteiger partial charge < -0.3 is 10.1 Å². The maximum absolute atomic E-state index is 13.5. The fourth-order valence-electron chi connectivity index (χ4n) is 1.52. The van der Waals surface area contributed by atoms with E-state index in [0.717, 1.165) is 12.1 Å². The number of hydrogen-bond donors (Lipinski definition) is 1. The monoisotopic (exact) mass is 293 g/mol. The second kappa shape index (κ2) is 7.94. The second-order valence-electron chi connectivity index (χ2n) is 4.08. The van der Waals surface area contributed by atoms with Crippen molar-refractivity contribution in [2.75, 3.05) is 20.3 Å². The zero-order chi connectivity index (χ0) is 14.2. The predicted molar refractivity (Wildman–Crippen MR) is 76.1 cm³/mol. The van der Waals surface area contributed by atoms with E-state index in [4.69, 9.17) is 4.74 Å². The molecular formula is C14H16FN3OS. The number of nitrogens with zero attached hydrogens (tertiary/aromatic N) is 2. The highest BCUT2D eigenvalue weighted by Gasteiger charge is 2.05. The van der Waals surface area contributed by atoms with Crippen LogP contribution in [0.3, 0.4) is 0 Å². The normalized spacial score (nSPS) is 10.7. The fourth-order valence-corrected chi connectivity index (χ4v) is 2.24. The summed E-state index contributed by atoms with van der Waals surface area (Å²) in [6.07, 6.45) is 3.49. The number of aromatic nitrogens is 2. The Hall–Kier alpha value is -1.50. The first-order valence-electron chi connectivity index (χ1n) is 6.22. The van der Waals surface area contributed by atoms with Crippen molar-refractivity contribution in [3.05, 3.63) is 48.0 Å². The van der Waals surface area contributed by atoms with Crippen molar-refractivity contribution >= 4 is 11.8 Å². The van der Waals surface area contributed by atoms with Gasteiger partial charge in [0.2, 0.25) is 0 Å². The van der Waals surface area contributed by atoms with E-state index in [0.29, 0.717) is 23.2 Å². The molecule has 0 amide bonds. The first-order valence-corrected chi connectivity index (χ1v) is 7.04. The fraction of sp³-hybridized carbons (Fsp3) is 0.286. The van der Waals surface area contributed by atoms with Crippen LogP contribution in [0.1, 0.15) is 5.56 Å². The highest BCUT2D eigenvalue weighted by molar-refractivity contribution is 7.99. The van der Waals surface area contributed by atoms with Gasteiger partial charge in [0, 0.05) is 38.2 Å². The summed E-state index contributed by atoms with van der Waals surface area (Å²) in [5.74, 6) is -0.258. The summed E-state index contributed by atoms with van der Waals surface area (Å²) >= 11 is 1.22. The summed E-state index contributed by atoms with van der Waals surface area (Å²) in [5, 5.41) is 3.75. The summed E-state index contributed by atoms with van der Waals surface area (Å²) in [7, 11) is 1.67. The van der Waals surface area contributed by atoms with Crippen LogP contribution < -0.4 is 5.32 Å². The molecule has 1 heterocycles. The molecule has 0 fully saturated rings. The van der Waals surface area contributed by atoms with E-state index in [1.807, 2.05) is 0 Å². The number of halogens is 1. The van der Waals surface area contributed by atoms with E-state index in [1.165, 1.54) is 17.8 Å². The highest BCUT2D eigenvalue weighted by atomic mass is 32.2. The molecule has 1 N–H and O–H groups in total. The third-order valence-corrected chi connectivity index (χ3v) is 3.48. The number of methoxy groups -OCH3 is 1. The number of hydrogen-bond acceptors (Lipinski definition) is 5. The average Bonchev–Trinajstić information content (AvgIpc) is 2.48. The smallest absolute Gasteiger partial charge is 0.192 e. The molecule has 0 bridgehead atoms. The molecule has 20 heavy (non-hydrogen) atoms. The van der Waals surface area contributed by atoms with Gasteiger partial charge in [0.25, 0.3) is 0 Å². The van der Waals surface area contributed by atoms with Crippen LogP contribution in [-0.2, 0) is 11.3 Å². The molecule has 6 heteroatoms. The zero-order valence-electron chi connectivity index (χ0n) is 11.2. The molecule has 2 rings (SSSR count). The van der Waals surface area contributed by atoms with Crippen LogP contribution in [0.25, 0.3) is 0 Å². The number of ether oxygens (including phenoxy) is 1. The zero-order valence-corrected chi connectivity index (χ0v) is 12.0. The Morgan fingerprint density at radius 1 is 1.25 bits per heavy atom. The van der Waals surface area contributed by atoms with Crippen LogP contribution in [0.2, 0.25) is 0 Å². The predicted octanol–water partition coefficient (Wildman–Crippen LogP) is 2.50. The van der Waals surface area contributed by atoms with Gasteiger partial charge in [-0.3, -0.25) is 0 Å². The summed E-state index contributed by atoms with van der Waals surface area (Å²) < 4.78 is 18.4. The van der Waals surface area contributed by atoms with Crippen molar-refractivity contribution in [1.82, 2.24) is 15.3 Å². The molecule has 0 aliphatic carbocycles. The Balaban J connectivity index is 1.90. The van der Waals surface area contributed by atoms with Crippen molar-refractivity contribution in [3.63, 3.8) is 0 Å². The van der Waals surface area contributed by atoms with Crippen molar-refractivity contribution in [2.45, 2.75) is 16.6 Å². The minimum Gasteiger partial charge on any atom is -0.383 e. The number of rotatable bonds is 7. The Labute approximate surface area is 121 Å². The van der Waals surface area contributed by atoms with E-state index in [9.17, 15) is 4.39 Å². The van der Waals surface area contributed by atoms with E-state index in [1.54, 1.807) is 37.7 Å². The molecule has 1 aromatic heterocycles. The maximum atomic E-state index is 13.5. The van der Waals surface area contributed by atoms with Crippen LogP contribution in [0.15, 0.2) is 46.7 Å². The lowest BCUT2D eigenvalue weighted by Crippen LogP contribution is -2.18. The Kier molecular flexibility index (Phi) is 5.91. The summed E-state index contributed by atoms with van der Waals surface area (Å²) in [4.78, 5) is 8.98. The van der Waals surface area contributed by atoms with Gasteiger partial charge in [-0.15, -0.1) is 0 Å². The van der Waals surface area contributed by atoms with Gasteiger partial charge >= 0.3 is 0 Å². The van der Waals surface area contributed by atoms with E-state index >= 15 is 0 Å². The molecule has 0 saturated carbocycles. The number of nitrogens with one attached hydrogen (secondary N) is 1. The lowest BCUT2D eigenvalue weighted by Gasteiger charge is -2.05. The second-order valence-corrected chi connectivity index (χ2v) is 5.09. The van der Waals surface area contributed by atoms with Crippen LogP contribution >= 0.6 is 11.8 Å². The summed E-state index contributed by atoms with van der Waals surface area (Å²) in [6.45, 7) is 2.14. The molecule has 0 aliphatic heterocycles. The lowest BCUT2D eigenvalue weighted by molar-refractivity contribution is 0.199. The van der Waals surface area contributed by atoms with Crippen LogP contribution in [0.5, 0.6) is 0 Å². The Morgan fingerprint density at radius 3 is 2.70 bits per heavy atom. The molecule has 106 valence electrons. The van der Waals surface area contributed by atoms with Crippen molar-refractivity contribution in [1.29, 1.82) is 0 Å². The Morgan fingerprint density at radius 2 is 2.00 bits per heavy atom. The van der Waals surface area contributed by atoms with E-state index < -0.39 is 0 Å². The molecule has 0 aliphatic rings. The van der Waals surface area contributed by atoms with Crippen molar-refractivity contribution < 1.29 is 9.13 Å². The summed E-state index contributed by atoms with van der Waals surface area (Å²) in [6, 6.07) is 6.59. The van der Waals surface area contributed by atoms with Gasteiger partial charge in [-0.2, -0.15) is 0 Å². The molecule has 2 aromatic rings. The van der Waals surface area contributed by atoms with Gasteiger partial charge in [0.1, 0.15) is 5.82 Å². The molecule has 0 spiro atoms. The standard InChI is InChI=1S/C14H16FN3OS/c1-19-7-6-16-8-11-9-17-14(18-10-11)20-13-5-3-2-4-12(13)15/h2-5,9-10,16H,6-8H2,1H3. The average molecular weight is 293 g/mol. The molecular weight excluding hydrogens is 277 g/mol. The Bertz CT molecular complexity index is 536. The van der Waals surface area contributed by atoms with E-state index in [2.05, 4.69) is 15.3 Å². The van der Waals surface area contributed by atoms with Crippen LogP contribution in [0, 0.1) is 5.82 Å². The lowest BCUT2D eigenvalue weighted by atomic mass is 10.3. The first-order chi connectivity index (χ1) is 9.79. The highest BCUT2D eigenvalue weighted by Crippen LogP contribution is 2.26. The maximum Gasteiger partial charge on any atom is 0.192 e. The quantitative estimate of drug-likeness (QED) is 0.628. The van der Waals surface area contributed by atoms with Crippen LogP contribution in [-0.4, -0.2) is 30.2 Å². The third-order valence-electron chi connectivity index (χ3n) is 2.53. The minimum absolute atomic E-state index is 0.258. The van der Waals surface area contributed by atoms with Crippen molar-refractivity contribution in [2.24, 2.45) is 0 Å². The van der Waals surface area contributed by atoms with Crippen LogP contribution in [0.4, 0.5) is 4.39 Å². The molecule has 0 unspecified atom stereocenters. The van der Waals surface area contributed by atoms with Gasteiger partial charge in [-0.05, 0) is 23.9 Å². The SMILES string of the molecule is COCCNCc1cnc(Sc2ccccc2F)nc1. The minimum atomic E-state index is -0.258. The molecule has 0 atom stereocenters. The van der Waals surface area contributed by atoms with Gasteiger partial charge in [0.05, 0.1) is 11.5 Å². The van der Waals surface area contributed by atoms with Gasteiger partial charge in [-0.25, -0.2) is 14.4 Å². The van der Waals surface area contributed by atoms with E-state index in [-0.39, 0.29) is 5.82 Å². The molecule has 1 aromatic carbocycles. The first kappa shape index (κ1) is 14.9. The number of benzene rings is 1. The molecule has 0 saturated heterocycles.